The van der Waals surface area contributed by atoms with E-state index in [2.05, 4.69) is 137 Å². The molecule has 0 aliphatic rings. The molecule has 0 amide bonds. The second kappa shape index (κ2) is 9.18. The van der Waals surface area contributed by atoms with Gasteiger partial charge in [0.1, 0.15) is 17.5 Å². The second-order valence-corrected chi connectivity index (χ2v) is 11.6. The fourth-order valence-electron chi connectivity index (χ4n) is 7.20. The van der Waals surface area contributed by atoms with Gasteiger partial charge in [0, 0.05) is 32.9 Å². The summed E-state index contributed by atoms with van der Waals surface area (Å²) in [5.41, 5.74) is 10.6. The van der Waals surface area contributed by atoms with Gasteiger partial charge in [0.15, 0.2) is 0 Å². The average Bonchev–Trinajstić information content (AvgIpc) is 3.80. The molecule has 0 saturated carbocycles. The Hall–Kier alpha value is -6.13. The molecule has 7 aromatic carbocycles. The number of hydrogen-bond acceptors (Lipinski definition) is 2. The highest BCUT2D eigenvalue weighted by molar-refractivity contribution is 6.25. The van der Waals surface area contributed by atoms with Crippen LogP contribution in [-0.2, 0) is 0 Å². The molecule has 3 heterocycles. The summed E-state index contributed by atoms with van der Waals surface area (Å²) in [5, 5.41) is 6.89. The van der Waals surface area contributed by atoms with Crippen LogP contribution in [0.25, 0.3) is 88.1 Å². The zero-order valence-corrected chi connectivity index (χ0v) is 24.2. The van der Waals surface area contributed by atoms with Gasteiger partial charge >= 0.3 is 0 Å². The third-order valence-corrected chi connectivity index (χ3v) is 9.18. The lowest BCUT2D eigenvalue weighted by Gasteiger charge is -2.12. The largest absolute Gasteiger partial charge is 0.455 e. The number of imidazole rings is 1. The van der Waals surface area contributed by atoms with Crippen molar-refractivity contribution in [3.63, 3.8) is 0 Å². The first-order valence-electron chi connectivity index (χ1n) is 15.2. The highest BCUT2D eigenvalue weighted by Gasteiger charge is 2.21. The predicted octanol–water partition coefficient (Wildman–Crippen LogP) is 10.8. The molecule has 0 aliphatic heterocycles. The molecule has 45 heavy (non-hydrogen) atoms. The smallest absolute Gasteiger partial charge is 0.145 e. The van der Waals surface area contributed by atoms with Crippen molar-refractivity contribution in [2.75, 3.05) is 0 Å². The van der Waals surface area contributed by atoms with Crippen molar-refractivity contribution in [2.24, 2.45) is 0 Å². The first-order chi connectivity index (χ1) is 22.3. The molecule has 0 atom stereocenters. The van der Waals surface area contributed by atoms with Crippen molar-refractivity contribution in [3.8, 4) is 22.5 Å². The zero-order chi connectivity index (χ0) is 29.5. The fourth-order valence-corrected chi connectivity index (χ4v) is 7.20. The molecule has 0 fully saturated rings. The third-order valence-electron chi connectivity index (χ3n) is 9.18. The summed E-state index contributed by atoms with van der Waals surface area (Å²) in [6.45, 7) is 0. The summed E-state index contributed by atoms with van der Waals surface area (Å²) in [6, 6.07) is 51.5. The molecule has 0 unspecified atom stereocenters. The molecule has 10 rings (SSSR count). The van der Waals surface area contributed by atoms with Crippen molar-refractivity contribution in [2.45, 2.75) is 0 Å². The van der Waals surface area contributed by atoms with Gasteiger partial charge in [-0.3, -0.25) is 4.57 Å². The number of nitrogens with zero attached hydrogens (tertiary/aromatic N) is 3. The lowest BCUT2D eigenvalue weighted by Crippen LogP contribution is -1.94. The molecule has 0 radical (unpaired) electrons. The van der Waals surface area contributed by atoms with Gasteiger partial charge < -0.3 is 8.98 Å². The molecule has 4 nitrogen and oxygen atoms in total. The van der Waals surface area contributed by atoms with Crippen LogP contribution in [0.15, 0.2) is 156 Å². The van der Waals surface area contributed by atoms with E-state index in [-0.39, 0.29) is 0 Å². The van der Waals surface area contributed by atoms with Crippen molar-refractivity contribution in [1.82, 2.24) is 14.1 Å². The lowest BCUT2D eigenvalue weighted by molar-refractivity contribution is 0.673. The van der Waals surface area contributed by atoms with E-state index in [9.17, 15) is 0 Å². The molecule has 0 aliphatic carbocycles. The van der Waals surface area contributed by atoms with E-state index in [1.807, 2.05) is 24.5 Å². The minimum Gasteiger partial charge on any atom is -0.455 e. The van der Waals surface area contributed by atoms with Crippen LogP contribution in [0, 0.1) is 0 Å². The monoisotopic (exact) mass is 575 g/mol. The number of rotatable bonds is 3. The van der Waals surface area contributed by atoms with Crippen LogP contribution in [0.3, 0.4) is 0 Å². The topological polar surface area (TPSA) is 35.9 Å². The second-order valence-electron chi connectivity index (χ2n) is 11.6. The van der Waals surface area contributed by atoms with Gasteiger partial charge in [-0.15, -0.1) is 0 Å². The van der Waals surface area contributed by atoms with E-state index >= 15 is 0 Å². The fraction of sp³-hybridized carbons (Fsp3) is 0. The maximum absolute atomic E-state index is 6.66. The van der Waals surface area contributed by atoms with Crippen LogP contribution in [0.1, 0.15) is 0 Å². The molecule has 210 valence electrons. The van der Waals surface area contributed by atoms with E-state index in [1.54, 1.807) is 0 Å². The van der Waals surface area contributed by atoms with Crippen LogP contribution in [0.2, 0.25) is 0 Å². The number of hydrogen-bond donors (Lipinski definition) is 0. The van der Waals surface area contributed by atoms with E-state index < -0.39 is 0 Å². The maximum atomic E-state index is 6.66. The summed E-state index contributed by atoms with van der Waals surface area (Å²) in [6.07, 6.45) is 1.93. The Bertz CT molecular complexity index is 2750. The van der Waals surface area contributed by atoms with Crippen LogP contribution in [0.4, 0.5) is 0 Å². The average molecular weight is 576 g/mol. The van der Waals surface area contributed by atoms with Crippen LogP contribution in [0.5, 0.6) is 0 Å². The minimum absolute atomic E-state index is 0.888. The highest BCUT2D eigenvalue weighted by Crippen LogP contribution is 2.43. The molecule has 0 spiro atoms. The summed E-state index contributed by atoms with van der Waals surface area (Å²) in [5.74, 6) is 0. The Balaban J connectivity index is 1.32. The number of benzene rings is 7. The molecule has 3 aromatic heterocycles. The van der Waals surface area contributed by atoms with Gasteiger partial charge in [-0.2, -0.15) is 0 Å². The van der Waals surface area contributed by atoms with Crippen molar-refractivity contribution in [1.29, 1.82) is 0 Å². The summed E-state index contributed by atoms with van der Waals surface area (Å²) < 4.78 is 11.2. The molecule has 4 heteroatoms. The van der Waals surface area contributed by atoms with Crippen molar-refractivity contribution in [3.05, 3.63) is 152 Å². The number of fused-ring (bicyclic) bond motifs is 10. The molecule has 10 aromatic rings. The Morgan fingerprint density at radius 1 is 0.511 bits per heavy atom. The quantitative estimate of drug-likeness (QED) is 0.210. The Morgan fingerprint density at radius 3 is 2.04 bits per heavy atom. The Morgan fingerprint density at radius 2 is 1.20 bits per heavy atom. The van der Waals surface area contributed by atoms with Crippen LogP contribution in [-0.4, -0.2) is 14.1 Å². The Labute approximate surface area is 258 Å². The summed E-state index contributed by atoms with van der Waals surface area (Å²) in [4.78, 5) is 4.97. The molecule has 0 saturated heterocycles. The first-order valence-corrected chi connectivity index (χ1v) is 15.2. The molecule has 0 N–H and O–H groups in total. The van der Waals surface area contributed by atoms with E-state index in [1.165, 1.54) is 21.8 Å². The van der Waals surface area contributed by atoms with Crippen LogP contribution >= 0.6 is 0 Å². The maximum Gasteiger partial charge on any atom is 0.145 e. The highest BCUT2D eigenvalue weighted by atomic mass is 16.3. The Kier molecular flexibility index (Phi) is 4.96. The van der Waals surface area contributed by atoms with Gasteiger partial charge in [0.05, 0.1) is 27.5 Å². The van der Waals surface area contributed by atoms with Gasteiger partial charge in [0.25, 0.3) is 0 Å². The van der Waals surface area contributed by atoms with E-state index in [0.717, 1.165) is 66.2 Å². The number of furan rings is 1. The molecular formula is C41H25N3O. The number of para-hydroxylation sites is 4. The minimum atomic E-state index is 0.888. The predicted molar refractivity (Wildman–Crippen MR) is 186 cm³/mol. The zero-order valence-electron chi connectivity index (χ0n) is 24.2. The lowest BCUT2D eigenvalue weighted by atomic mass is 9.94. The third kappa shape index (κ3) is 3.45. The van der Waals surface area contributed by atoms with Crippen LogP contribution < -0.4 is 0 Å². The summed E-state index contributed by atoms with van der Waals surface area (Å²) >= 11 is 0. The van der Waals surface area contributed by atoms with Crippen molar-refractivity contribution >= 4 is 65.6 Å². The van der Waals surface area contributed by atoms with Gasteiger partial charge in [-0.25, -0.2) is 4.98 Å². The standard InChI is InChI=1S/C41H25N3O/c1-3-11-27(12-4-1)43-25-42-35-24-33(31-20-21-32-30-16-8-10-18-38(30)45-41(32)39(31)40(35)43)26-19-22-37-34(23-26)29-15-7-9-17-36(29)44(37)28-13-5-2-6-14-28/h1-25H. The normalized spacial score (nSPS) is 12.0. The van der Waals surface area contributed by atoms with E-state index in [0.29, 0.717) is 0 Å². The van der Waals surface area contributed by atoms with Gasteiger partial charge in [0.2, 0.25) is 0 Å². The first kappa shape index (κ1) is 24.3. The van der Waals surface area contributed by atoms with E-state index in [4.69, 9.17) is 9.40 Å². The molecule has 0 bridgehead atoms. The molecular weight excluding hydrogens is 550 g/mol. The van der Waals surface area contributed by atoms with Gasteiger partial charge in [-0.1, -0.05) is 84.9 Å². The number of aromatic nitrogens is 3. The summed E-state index contributed by atoms with van der Waals surface area (Å²) in [7, 11) is 0. The SMILES string of the molecule is c1ccc(-n2cnc3cc(-c4ccc5c(c4)c4ccccc4n5-c4ccccc4)c4ccc5c6ccccc6oc5c4c32)cc1. The van der Waals surface area contributed by atoms with Gasteiger partial charge in [-0.05, 0) is 77.2 Å². The van der Waals surface area contributed by atoms with Crippen molar-refractivity contribution < 1.29 is 4.42 Å².